The van der Waals surface area contributed by atoms with E-state index in [1.807, 2.05) is 4.90 Å². The topological polar surface area (TPSA) is 60.9 Å². The molecule has 4 rings (SSSR count). The van der Waals surface area contributed by atoms with Crippen LogP contribution in [0.2, 0.25) is 0 Å². The lowest BCUT2D eigenvalue weighted by molar-refractivity contribution is -0.129. The number of carbonyl (C=O) groups is 3. The van der Waals surface area contributed by atoms with Crippen molar-refractivity contribution in [3.05, 3.63) is 0 Å². The Kier molecular flexibility index (Phi) is 2.41. The van der Waals surface area contributed by atoms with Gasteiger partial charge in [-0.05, 0) is 25.2 Å². The average Bonchev–Trinajstić information content (AvgIpc) is 2.81. The van der Waals surface area contributed by atoms with Crippen molar-refractivity contribution in [2.75, 3.05) is 13.1 Å². The molecule has 0 aromatic rings. The molecule has 0 unspecified atom stereocenters. The predicted octanol–water partition coefficient (Wildman–Crippen LogP) is 0.422. The highest BCUT2D eigenvalue weighted by molar-refractivity contribution is 6.05. The molecular weight excluding hydrogens is 258 g/mol. The molecule has 108 valence electrons. The van der Waals surface area contributed by atoms with Crippen LogP contribution in [0.5, 0.6) is 0 Å². The van der Waals surface area contributed by atoms with E-state index in [1.165, 1.54) is 4.90 Å². The summed E-state index contributed by atoms with van der Waals surface area (Å²) < 4.78 is 0. The molecule has 0 aromatic carbocycles. The van der Waals surface area contributed by atoms with Gasteiger partial charge < -0.3 is 9.80 Å². The van der Waals surface area contributed by atoms with Gasteiger partial charge in [0.15, 0.2) is 0 Å². The molecule has 6 heteroatoms. The number of rotatable bonds is 2. The van der Waals surface area contributed by atoms with Crippen molar-refractivity contribution in [2.45, 2.75) is 50.7 Å². The molecule has 4 fully saturated rings. The Labute approximate surface area is 117 Å². The third-order valence-electron chi connectivity index (χ3n) is 5.20. The minimum absolute atomic E-state index is 0.0870. The van der Waals surface area contributed by atoms with Gasteiger partial charge in [-0.3, -0.25) is 14.5 Å². The monoisotopic (exact) mass is 277 g/mol. The van der Waals surface area contributed by atoms with Crippen molar-refractivity contribution >= 4 is 17.8 Å². The van der Waals surface area contributed by atoms with Crippen LogP contribution in [0.3, 0.4) is 0 Å². The molecule has 4 aliphatic rings. The van der Waals surface area contributed by atoms with Gasteiger partial charge in [-0.15, -0.1) is 0 Å². The summed E-state index contributed by atoms with van der Waals surface area (Å²) in [6, 6.07) is -0.353. The summed E-state index contributed by atoms with van der Waals surface area (Å²) in [5, 5.41) is 0. The summed E-state index contributed by atoms with van der Waals surface area (Å²) in [6.07, 6.45) is 3.03. The number of imide groups is 1. The van der Waals surface area contributed by atoms with Crippen LogP contribution in [-0.2, 0) is 9.59 Å². The highest BCUT2D eigenvalue weighted by Crippen LogP contribution is 2.39. The maximum atomic E-state index is 12.4. The van der Waals surface area contributed by atoms with Crippen LogP contribution < -0.4 is 0 Å². The van der Waals surface area contributed by atoms with Crippen molar-refractivity contribution in [3.63, 3.8) is 0 Å². The Morgan fingerprint density at radius 3 is 2.55 bits per heavy atom. The third-order valence-corrected chi connectivity index (χ3v) is 5.20. The lowest BCUT2D eigenvalue weighted by Crippen LogP contribution is -2.43. The number of amides is 4. The molecule has 0 bridgehead atoms. The number of likely N-dealkylation sites (tertiary alicyclic amines) is 1. The fourth-order valence-electron chi connectivity index (χ4n) is 3.92. The molecule has 0 aromatic heterocycles. The molecule has 0 spiro atoms. The van der Waals surface area contributed by atoms with E-state index in [2.05, 4.69) is 6.92 Å². The van der Waals surface area contributed by atoms with Crippen molar-refractivity contribution in [3.8, 4) is 0 Å². The van der Waals surface area contributed by atoms with E-state index in [0.29, 0.717) is 31.5 Å². The Bertz CT molecular complexity index is 484. The normalized spacial score (nSPS) is 40.0. The molecule has 4 amide bonds. The fraction of sp³-hybridized carbons (Fsp3) is 0.786. The van der Waals surface area contributed by atoms with Crippen LogP contribution in [-0.4, -0.2) is 63.8 Å². The molecule has 3 saturated heterocycles. The van der Waals surface area contributed by atoms with Crippen molar-refractivity contribution in [2.24, 2.45) is 5.92 Å². The van der Waals surface area contributed by atoms with E-state index in [4.69, 9.17) is 0 Å². The number of carbonyl (C=O) groups excluding carboxylic acids is 3. The van der Waals surface area contributed by atoms with Gasteiger partial charge in [-0.25, -0.2) is 4.79 Å². The van der Waals surface area contributed by atoms with Gasteiger partial charge >= 0.3 is 6.03 Å². The Morgan fingerprint density at radius 2 is 1.90 bits per heavy atom. The summed E-state index contributed by atoms with van der Waals surface area (Å²) in [5.74, 6) is 0.568. The molecule has 1 aliphatic carbocycles. The Hall–Kier alpha value is -1.59. The second-order valence-electron chi connectivity index (χ2n) is 6.53. The Morgan fingerprint density at radius 1 is 1.15 bits per heavy atom. The summed E-state index contributed by atoms with van der Waals surface area (Å²) >= 11 is 0. The van der Waals surface area contributed by atoms with Crippen molar-refractivity contribution < 1.29 is 14.4 Å². The first-order valence-electron chi connectivity index (χ1n) is 7.51. The Balaban J connectivity index is 1.53. The second-order valence-corrected chi connectivity index (χ2v) is 6.53. The van der Waals surface area contributed by atoms with Gasteiger partial charge in [0.1, 0.15) is 6.04 Å². The zero-order chi connectivity index (χ0) is 14.0. The van der Waals surface area contributed by atoms with Crippen LogP contribution in [0.4, 0.5) is 4.79 Å². The number of nitrogens with zero attached hydrogens (tertiary/aromatic N) is 3. The van der Waals surface area contributed by atoms with Crippen molar-refractivity contribution in [1.82, 2.24) is 14.7 Å². The van der Waals surface area contributed by atoms with E-state index in [-0.39, 0.29) is 29.9 Å². The van der Waals surface area contributed by atoms with E-state index < -0.39 is 0 Å². The van der Waals surface area contributed by atoms with Crippen LogP contribution in [0.1, 0.15) is 32.6 Å². The van der Waals surface area contributed by atoms with E-state index in [9.17, 15) is 14.4 Å². The zero-order valence-electron chi connectivity index (χ0n) is 11.6. The standard InChI is InChI=1S/C14H19N3O3/c1-8-5-11(8)16-7-9(6-12(16)18)17-13(19)10-3-2-4-15(10)14(17)20/h8-11H,2-7H2,1H3/t8-,9-,10-,11-/m1/s1. The van der Waals surface area contributed by atoms with E-state index >= 15 is 0 Å². The van der Waals surface area contributed by atoms with Gasteiger partial charge in [0.25, 0.3) is 5.91 Å². The highest BCUT2D eigenvalue weighted by atomic mass is 16.2. The summed E-state index contributed by atoms with van der Waals surface area (Å²) in [5.41, 5.74) is 0. The maximum absolute atomic E-state index is 12.4. The molecule has 0 radical (unpaired) electrons. The van der Waals surface area contributed by atoms with E-state index in [1.54, 1.807) is 4.90 Å². The first-order chi connectivity index (χ1) is 9.58. The lowest BCUT2D eigenvalue weighted by Gasteiger charge is -2.22. The molecule has 0 N–H and O–H groups in total. The molecule has 3 aliphatic heterocycles. The fourth-order valence-corrected chi connectivity index (χ4v) is 3.92. The predicted molar refractivity (Wildman–Crippen MR) is 69.7 cm³/mol. The molecule has 20 heavy (non-hydrogen) atoms. The quantitative estimate of drug-likeness (QED) is 0.687. The number of fused-ring (bicyclic) bond motifs is 1. The van der Waals surface area contributed by atoms with Crippen molar-refractivity contribution in [1.29, 1.82) is 0 Å². The van der Waals surface area contributed by atoms with Gasteiger partial charge in [0, 0.05) is 25.6 Å². The van der Waals surface area contributed by atoms with Gasteiger partial charge in [-0.2, -0.15) is 0 Å². The number of hydrogen-bond acceptors (Lipinski definition) is 3. The first kappa shape index (κ1) is 12.2. The minimum Gasteiger partial charge on any atom is -0.337 e. The van der Waals surface area contributed by atoms with Gasteiger partial charge in [0.05, 0.1) is 6.04 Å². The van der Waals surface area contributed by atoms with Crippen LogP contribution in [0.15, 0.2) is 0 Å². The summed E-state index contributed by atoms with van der Waals surface area (Å²) in [4.78, 5) is 41.7. The molecule has 4 atom stereocenters. The van der Waals surface area contributed by atoms with Crippen LogP contribution >= 0.6 is 0 Å². The molecule has 6 nitrogen and oxygen atoms in total. The highest BCUT2D eigenvalue weighted by Gasteiger charge is 2.53. The second kappa shape index (κ2) is 3.96. The number of urea groups is 1. The third kappa shape index (κ3) is 1.53. The van der Waals surface area contributed by atoms with E-state index in [0.717, 1.165) is 19.3 Å². The molecule has 3 heterocycles. The molecule has 1 saturated carbocycles. The lowest BCUT2D eigenvalue weighted by atomic mass is 10.2. The largest absolute Gasteiger partial charge is 0.337 e. The van der Waals surface area contributed by atoms with Crippen LogP contribution in [0, 0.1) is 5.92 Å². The van der Waals surface area contributed by atoms with Gasteiger partial charge in [-0.1, -0.05) is 6.92 Å². The minimum atomic E-state index is -0.258. The SMILES string of the molecule is C[C@@H]1C[C@H]1N1C[C@H](N2C(=O)[C@H]3CCCN3C2=O)CC1=O. The summed E-state index contributed by atoms with van der Waals surface area (Å²) in [7, 11) is 0. The van der Waals surface area contributed by atoms with Crippen LogP contribution in [0.25, 0.3) is 0 Å². The van der Waals surface area contributed by atoms with Gasteiger partial charge in [0.2, 0.25) is 5.91 Å². The summed E-state index contributed by atoms with van der Waals surface area (Å²) in [6.45, 7) is 3.34. The zero-order valence-corrected chi connectivity index (χ0v) is 11.6. The maximum Gasteiger partial charge on any atom is 0.327 e. The number of hydrogen-bond donors (Lipinski definition) is 0. The average molecular weight is 277 g/mol. The molecular formula is C14H19N3O3. The smallest absolute Gasteiger partial charge is 0.327 e. The first-order valence-corrected chi connectivity index (χ1v) is 7.51.